The molecule has 11 nitrogen and oxygen atoms in total. The van der Waals surface area contributed by atoms with E-state index in [9.17, 15) is 15.0 Å². The van der Waals surface area contributed by atoms with Gasteiger partial charge in [-0.2, -0.15) is 4.98 Å². The summed E-state index contributed by atoms with van der Waals surface area (Å²) >= 11 is 0. The molecule has 3 unspecified atom stereocenters. The smallest absolute Gasteiger partial charge is 0.280 e. The van der Waals surface area contributed by atoms with Gasteiger partial charge in [-0.05, 0) is 13.8 Å². The highest BCUT2D eigenvalue weighted by Crippen LogP contribution is 2.30. The second kappa shape index (κ2) is 7.17. The van der Waals surface area contributed by atoms with Crippen LogP contribution in [0.15, 0.2) is 11.1 Å². The van der Waals surface area contributed by atoms with Crippen molar-refractivity contribution < 1.29 is 24.4 Å². The molecule has 2 aliphatic rings. The predicted octanol–water partition coefficient (Wildman–Crippen LogP) is -0.330. The Morgan fingerprint density at radius 1 is 1.33 bits per heavy atom. The summed E-state index contributed by atoms with van der Waals surface area (Å²) in [6.45, 7) is 3.46. The summed E-state index contributed by atoms with van der Waals surface area (Å²) in [4.78, 5) is 23.6. The van der Waals surface area contributed by atoms with Gasteiger partial charge in [0.1, 0.15) is 18.6 Å². The Morgan fingerprint density at radius 3 is 2.85 bits per heavy atom. The minimum Gasteiger partial charge on any atom is -0.394 e. The van der Waals surface area contributed by atoms with E-state index in [4.69, 9.17) is 14.2 Å². The van der Waals surface area contributed by atoms with Crippen LogP contribution < -0.4 is 10.9 Å². The maximum Gasteiger partial charge on any atom is 0.280 e. The maximum atomic E-state index is 12.4. The van der Waals surface area contributed by atoms with E-state index in [1.54, 1.807) is 11.5 Å². The molecule has 2 saturated heterocycles. The Hall–Kier alpha value is -2.05. The normalized spacial score (nSPS) is 34.2. The van der Waals surface area contributed by atoms with Gasteiger partial charge in [-0.15, -0.1) is 0 Å². The number of aliphatic hydroxyl groups excluding tert-OH is 2. The fourth-order valence-electron chi connectivity index (χ4n) is 3.50. The van der Waals surface area contributed by atoms with E-state index in [0.717, 1.165) is 0 Å². The Labute approximate surface area is 154 Å². The van der Waals surface area contributed by atoms with Crippen molar-refractivity contribution in [3.63, 3.8) is 0 Å². The lowest BCUT2D eigenvalue weighted by atomic mass is 10.2. The summed E-state index contributed by atoms with van der Waals surface area (Å²) in [5.41, 5.74) is 0.0950. The number of nitrogens with zero attached hydrogens (tertiary/aromatic N) is 3. The molecule has 4 N–H and O–H groups in total. The minimum absolute atomic E-state index is 0.0102. The number of hydrogen-bond acceptors (Lipinski definition) is 9. The number of aromatic amines is 1. The molecule has 0 radical (unpaired) electrons. The topological polar surface area (TPSA) is 144 Å². The number of imidazole rings is 1. The lowest BCUT2D eigenvalue weighted by Crippen LogP contribution is -2.40. The molecule has 4 heterocycles. The molecule has 11 heteroatoms. The third-order valence-electron chi connectivity index (χ3n) is 4.75. The van der Waals surface area contributed by atoms with Crippen LogP contribution in [0.2, 0.25) is 0 Å². The van der Waals surface area contributed by atoms with Crippen molar-refractivity contribution in [2.75, 3.05) is 11.9 Å². The van der Waals surface area contributed by atoms with Crippen LogP contribution in [-0.2, 0) is 14.2 Å². The lowest BCUT2D eigenvalue weighted by Gasteiger charge is -2.32. The second-order valence-corrected chi connectivity index (χ2v) is 6.87. The molecule has 0 spiro atoms. The highest BCUT2D eigenvalue weighted by molar-refractivity contribution is 5.70. The Kier molecular flexibility index (Phi) is 4.86. The van der Waals surface area contributed by atoms with Crippen molar-refractivity contribution in [2.24, 2.45) is 0 Å². The minimum atomic E-state index is -0.796. The van der Waals surface area contributed by atoms with Gasteiger partial charge in [0, 0.05) is 12.8 Å². The van der Waals surface area contributed by atoms with E-state index >= 15 is 0 Å². The molecule has 0 aromatic carbocycles. The number of rotatable bonds is 4. The van der Waals surface area contributed by atoms with Crippen molar-refractivity contribution in [1.82, 2.24) is 19.5 Å². The molecule has 0 amide bonds. The highest BCUT2D eigenvalue weighted by Gasteiger charge is 2.35. The first-order valence-electron chi connectivity index (χ1n) is 8.93. The van der Waals surface area contributed by atoms with E-state index in [2.05, 4.69) is 20.3 Å². The van der Waals surface area contributed by atoms with Gasteiger partial charge in [0.05, 0.1) is 25.1 Å². The summed E-state index contributed by atoms with van der Waals surface area (Å²) in [7, 11) is 0. The van der Waals surface area contributed by atoms with Crippen molar-refractivity contribution in [1.29, 1.82) is 0 Å². The molecule has 2 aliphatic heterocycles. The van der Waals surface area contributed by atoms with E-state index in [-0.39, 0.29) is 43.1 Å². The molecule has 4 rings (SSSR count). The van der Waals surface area contributed by atoms with Crippen LogP contribution in [-0.4, -0.2) is 67.2 Å². The molecular weight excluding hydrogens is 358 g/mol. The first kappa shape index (κ1) is 18.3. The van der Waals surface area contributed by atoms with Crippen LogP contribution in [0.3, 0.4) is 0 Å². The van der Waals surface area contributed by atoms with Crippen LogP contribution in [0, 0.1) is 0 Å². The van der Waals surface area contributed by atoms with Crippen LogP contribution in [0.4, 0.5) is 5.95 Å². The largest absolute Gasteiger partial charge is 0.394 e. The van der Waals surface area contributed by atoms with Gasteiger partial charge in [0.25, 0.3) is 5.56 Å². The van der Waals surface area contributed by atoms with Crippen molar-refractivity contribution in [3.8, 4) is 0 Å². The van der Waals surface area contributed by atoms with Gasteiger partial charge >= 0.3 is 0 Å². The summed E-state index contributed by atoms with van der Waals surface area (Å²) in [5.74, 6) is 0.248. The number of hydrogen-bond donors (Lipinski definition) is 4. The SMILES string of the molecule is CC1CC(Nc2nc3c(ncn3[C@H]3C[C@H](O)[C@@H](CO)O3)c(=O)[nH]2)OC(C)O1. The molecule has 2 aromatic rings. The Bertz CT molecular complexity index is 859. The average Bonchev–Trinajstić information content (AvgIpc) is 3.17. The zero-order chi connectivity index (χ0) is 19.1. The number of aliphatic hydroxyl groups is 2. The van der Waals surface area contributed by atoms with Gasteiger partial charge in [-0.25, -0.2) is 4.98 Å². The Balaban J connectivity index is 1.61. The van der Waals surface area contributed by atoms with Crippen LogP contribution in [0.5, 0.6) is 0 Å². The van der Waals surface area contributed by atoms with E-state index in [0.29, 0.717) is 12.1 Å². The fourth-order valence-corrected chi connectivity index (χ4v) is 3.50. The van der Waals surface area contributed by atoms with Gasteiger partial charge < -0.3 is 29.7 Å². The summed E-state index contributed by atoms with van der Waals surface area (Å²) in [5, 5.41) is 22.3. The third kappa shape index (κ3) is 3.56. The molecule has 0 bridgehead atoms. The first-order valence-corrected chi connectivity index (χ1v) is 8.93. The lowest BCUT2D eigenvalue weighted by molar-refractivity contribution is -0.222. The van der Waals surface area contributed by atoms with Gasteiger partial charge in [-0.3, -0.25) is 14.3 Å². The molecule has 6 atom stereocenters. The number of aromatic nitrogens is 4. The predicted molar refractivity (Wildman–Crippen MR) is 92.9 cm³/mol. The Morgan fingerprint density at radius 2 is 2.15 bits per heavy atom. The van der Waals surface area contributed by atoms with E-state index in [1.807, 2.05) is 6.92 Å². The number of fused-ring (bicyclic) bond motifs is 1. The van der Waals surface area contributed by atoms with Gasteiger partial charge in [0.15, 0.2) is 17.5 Å². The van der Waals surface area contributed by atoms with Gasteiger partial charge in [0.2, 0.25) is 5.95 Å². The molecule has 148 valence electrons. The monoisotopic (exact) mass is 381 g/mol. The fraction of sp³-hybridized carbons (Fsp3) is 0.688. The number of anilines is 1. The second-order valence-electron chi connectivity index (χ2n) is 6.87. The number of nitrogens with one attached hydrogen (secondary N) is 2. The zero-order valence-electron chi connectivity index (χ0n) is 15.0. The molecule has 2 fully saturated rings. The van der Waals surface area contributed by atoms with Crippen LogP contribution >= 0.6 is 0 Å². The summed E-state index contributed by atoms with van der Waals surface area (Å²) in [6.07, 6.45) is -0.433. The zero-order valence-corrected chi connectivity index (χ0v) is 15.0. The quantitative estimate of drug-likeness (QED) is 0.559. The maximum absolute atomic E-state index is 12.4. The third-order valence-corrected chi connectivity index (χ3v) is 4.75. The molecular formula is C16H23N5O6. The summed E-state index contributed by atoms with van der Waals surface area (Å²) in [6, 6.07) is 0. The molecule has 27 heavy (non-hydrogen) atoms. The van der Waals surface area contributed by atoms with Crippen molar-refractivity contribution in [2.45, 2.75) is 63.7 Å². The number of ether oxygens (including phenoxy) is 3. The van der Waals surface area contributed by atoms with Gasteiger partial charge in [-0.1, -0.05) is 0 Å². The molecule has 2 aromatic heterocycles. The van der Waals surface area contributed by atoms with Crippen molar-refractivity contribution >= 4 is 17.1 Å². The van der Waals surface area contributed by atoms with E-state index < -0.39 is 24.0 Å². The van der Waals surface area contributed by atoms with Crippen LogP contribution in [0.25, 0.3) is 11.2 Å². The highest BCUT2D eigenvalue weighted by atomic mass is 16.7. The van der Waals surface area contributed by atoms with Crippen LogP contribution in [0.1, 0.15) is 32.9 Å². The standard InChI is InChI=1S/C16H23N5O6/c1-7-3-11(26-8(2)25-7)18-16-19-14-13(15(24)20-16)17-6-21(14)12-4-9(23)10(5-22)27-12/h6-12,22-23H,3-5H2,1-2H3,(H2,18,19,20,24)/t7?,8?,9-,10+,11?,12+/m0/s1. The average molecular weight is 381 g/mol. The van der Waals surface area contributed by atoms with Crippen molar-refractivity contribution in [3.05, 3.63) is 16.7 Å². The first-order chi connectivity index (χ1) is 12.9. The summed E-state index contributed by atoms with van der Waals surface area (Å²) < 4.78 is 18.4. The number of H-pyrrole nitrogens is 1. The molecule has 0 saturated carbocycles. The van der Waals surface area contributed by atoms with E-state index in [1.165, 1.54) is 6.33 Å². The molecule has 0 aliphatic carbocycles.